The topological polar surface area (TPSA) is 47.8 Å². The molecule has 0 aliphatic heterocycles. The lowest BCUT2D eigenvalue weighted by Crippen LogP contribution is -2.27. The predicted molar refractivity (Wildman–Crippen MR) is 71.6 cm³/mol. The molecule has 4 nitrogen and oxygen atoms in total. The van der Waals surface area contributed by atoms with Crippen LogP contribution >= 0.6 is 27.3 Å². The summed E-state index contributed by atoms with van der Waals surface area (Å²) in [6.45, 7) is 6.14. The van der Waals surface area contributed by atoms with Gasteiger partial charge >= 0.3 is 5.69 Å². The van der Waals surface area contributed by atoms with Crippen LogP contribution in [0.1, 0.15) is 22.1 Å². The van der Waals surface area contributed by atoms with Crippen molar-refractivity contribution < 1.29 is 0 Å². The second-order valence-electron chi connectivity index (χ2n) is 3.82. The molecule has 0 unspecified atom stereocenters. The number of aromatic nitrogens is 3. The molecule has 0 aliphatic rings. The molecule has 6 heteroatoms. The molecule has 2 heterocycles. The van der Waals surface area contributed by atoms with Crippen molar-refractivity contribution >= 4 is 27.3 Å². The molecule has 0 radical (unpaired) electrons. The minimum atomic E-state index is -0.228. The lowest BCUT2D eigenvalue weighted by Gasteiger charge is -2.10. The second-order valence-corrected chi connectivity index (χ2v) is 5.68. The van der Waals surface area contributed by atoms with E-state index in [2.05, 4.69) is 25.9 Å². The standard InChI is InChI=1S/C11H12BrN3OS/c1-6-10(12)7(2)15(11(16)13-6)4-9-5-17-8(3)14-9/h5H,4H2,1-3H3. The Hall–Kier alpha value is -1.01. The molecule has 17 heavy (non-hydrogen) atoms. The van der Waals surface area contributed by atoms with Gasteiger partial charge in [-0.05, 0) is 36.7 Å². The zero-order valence-electron chi connectivity index (χ0n) is 9.82. The van der Waals surface area contributed by atoms with Gasteiger partial charge in [0.05, 0.1) is 27.4 Å². The van der Waals surface area contributed by atoms with Crippen molar-refractivity contribution in [1.29, 1.82) is 0 Å². The molecule has 2 rings (SSSR count). The van der Waals surface area contributed by atoms with Crippen LogP contribution < -0.4 is 5.69 Å². The Morgan fingerprint density at radius 1 is 1.35 bits per heavy atom. The fourth-order valence-electron chi connectivity index (χ4n) is 1.61. The summed E-state index contributed by atoms with van der Waals surface area (Å²) in [6.07, 6.45) is 0. The molecular weight excluding hydrogens is 302 g/mol. The quantitative estimate of drug-likeness (QED) is 0.855. The number of thiazole rings is 1. The van der Waals surface area contributed by atoms with E-state index < -0.39 is 0 Å². The molecule has 0 aliphatic carbocycles. The molecule has 2 aromatic heterocycles. The normalized spacial score (nSPS) is 10.8. The summed E-state index contributed by atoms with van der Waals surface area (Å²) in [5, 5.41) is 2.97. The van der Waals surface area contributed by atoms with E-state index in [4.69, 9.17) is 0 Å². The van der Waals surface area contributed by atoms with Crippen molar-refractivity contribution in [2.45, 2.75) is 27.3 Å². The van der Waals surface area contributed by atoms with E-state index >= 15 is 0 Å². The van der Waals surface area contributed by atoms with Gasteiger partial charge in [-0.3, -0.25) is 4.57 Å². The van der Waals surface area contributed by atoms with E-state index in [9.17, 15) is 4.79 Å². The van der Waals surface area contributed by atoms with Crippen LogP contribution in [0, 0.1) is 20.8 Å². The maximum Gasteiger partial charge on any atom is 0.348 e. The Labute approximate surface area is 111 Å². The lowest BCUT2D eigenvalue weighted by molar-refractivity contribution is 0.677. The number of aryl methyl sites for hydroxylation is 2. The average Bonchev–Trinajstić information content (AvgIpc) is 2.67. The van der Waals surface area contributed by atoms with E-state index in [1.165, 1.54) is 0 Å². The number of hydrogen-bond donors (Lipinski definition) is 0. The van der Waals surface area contributed by atoms with Crippen LogP contribution in [-0.2, 0) is 6.54 Å². The summed E-state index contributed by atoms with van der Waals surface area (Å²) < 4.78 is 2.51. The fraction of sp³-hybridized carbons (Fsp3) is 0.364. The average molecular weight is 314 g/mol. The summed E-state index contributed by atoms with van der Waals surface area (Å²) in [6, 6.07) is 0. The summed E-state index contributed by atoms with van der Waals surface area (Å²) in [4.78, 5) is 20.2. The van der Waals surface area contributed by atoms with E-state index in [0.717, 1.165) is 26.6 Å². The Morgan fingerprint density at radius 2 is 2.06 bits per heavy atom. The first-order valence-electron chi connectivity index (χ1n) is 5.13. The van der Waals surface area contributed by atoms with Crippen LogP contribution in [0.2, 0.25) is 0 Å². The van der Waals surface area contributed by atoms with Crippen molar-refractivity contribution in [1.82, 2.24) is 14.5 Å². The molecule has 0 spiro atoms. The van der Waals surface area contributed by atoms with Crippen LogP contribution in [0.3, 0.4) is 0 Å². The van der Waals surface area contributed by atoms with Crippen LogP contribution in [0.5, 0.6) is 0 Å². The van der Waals surface area contributed by atoms with Crippen molar-refractivity contribution in [3.63, 3.8) is 0 Å². The van der Waals surface area contributed by atoms with Crippen LogP contribution in [0.4, 0.5) is 0 Å². The summed E-state index contributed by atoms with van der Waals surface area (Å²) >= 11 is 5.03. The first-order chi connectivity index (χ1) is 7.99. The minimum Gasteiger partial charge on any atom is -0.289 e. The number of halogens is 1. The maximum absolute atomic E-state index is 11.8. The van der Waals surface area contributed by atoms with Crippen LogP contribution in [-0.4, -0.2) is 14.5 Å². The Balaban J connectivity index is 2.46. The highest BCUT2D eigenvalue weighted by Gasteiger charge is 2.10. The zero-order valence-corrected chi connectivity index (χ0v) is 12.2. The van der Waals surface area contributed by atoms with E-state index in [1.807, 2.05) is 26.2 Å². The molecule has 0 N–H and O–H groups in total. The van der Waals surface area contributed by atoms with Gasteiger partial charge < -0.3 is 0 Å². The zero-order chi connectivity index (χ0) is 12.6. The van der Waals surface area contributed by atoms with Crippen molar-refractivity contribution in [2.75, 3.05) is 0 Å². The van der Waals surface area contributed by atoms with Crippen molar-refractivity contribution in [2.24, 2.45) is 0 Å². The predicted octanol–water partition coefficient (Wildman–Crippen LogP) is 2.44. The lowest BCUT2D eigenvalue weighted by atomic mass is 10.3. The molecule has 90 valence electrons. The molecule has 0 aromatic carbocycles. The van der Waals surface area contributed by atoms with Gasteiger partial charge in [-0.2, -0.15) is 4.98 Å². The van der Waals surface area contributed by atoms with Gasteiger partial charge in [-0.1, -0.05) is 0 Å². The smallest absolute Gasteiger partial charge is 0.289 e. The van der Waals surface area contributed by atoms with E-state index in [-0.39, 0.29) is 5.69 Å². The maximum atomic E-state index is 11.8. The fourth-order valence-corrected chi connectivity index (χ4v) is 2.51. The van der Waals surface area contributed by atoms with Crippen molar-refractivity contribution in [3.05, 3.63) is 42.4 Å². The SMILES string of the molecule is Cc1nc(Cn2c(C)c(Br)c(C)nc2=O)cs1. The van der Waals surface area contributed by atoms with Gasteiger partial charge in [0.25, 0.3) is 0 Å². The highest BCUT2D eigenvalue weighted by Crippen LogP contribution is 2.18. The van der Waals surface area contributed by atoms with Gasteiger partial charge in [0.1, 0.15) is 0 Å². The molecule has 0 amide bonds. The van der Waals surface area contributed by atoms with Crippen molar-refractivity contribution in [3.8, 4) is 0 Å². The molecule has 0 saturated heterocycles. The van der Waals surface area contributed by atoms with Gasteiger partial charge in [-0.15, -0.1) is 11.3 Å². The largest absolute Gasteiger partial charge is 0.348 e. The van der Waals surface area contributed by atoms with Gasteiger partial charge in [-0.25, -0.2) is 9.78 Å². The first kappa shape index (κ1) is 12.4. The highest BCUT2D eigenvalue weighted by molar-refractivity contribution is 9.10. The van der Waals surface area contributed by atoms with E-state index in [0.29, 0.717) is 6.54 Å². The number of nitrogens with zero attached hydrogens (tertiary/aromatic N) is 3. The molecule has 0 atom stereocenters. The summed E-state index contributed by atoms with van der Waals surface area (Å²) in [5.74, 6) is 0. The van der Waals surface area contributed by atoms with Gasteiger partial charge in [0.2, 0.25) is 0 Å². The third-order valence-corrected chi connectivity index (χ3v) is 4.49. The molecule has 0 fully saturated rings. The third kappa shape index (κ3) is 2.47. The van der Waals surface area contributed by atoms with Gasteiger partial charge in [0, 0.05) is 11.1 Å². The van der Waals surface area contributed by atoms with Crippen LogP contribution in [0.25, 0.3) is 0 Å². The Bertz CT molecular complexity index is 618. The van der Waals surface area contributed by atoms with Gasteiger partial charge in [0.15, 0.2) is 0 Å². The Morgan fingerprint density at radius 3 is 2.65 bits per heavy atom. The first-order valence-corrected chi connectivity index (χ1v) is 6.81. The molecule has 0 bridgehead atoms. The molecule has 2 aromatic rings. The molecular formula is C11H12BrN3OS. The van der Waals surface area contributed by atoms with E-state index in [1.54, 1.807) is 15.9 Å². The third-order valence-electron chi connectivity index (χ3n) is 2.52. The number of hydrogen-bond acceptors (Lipinski definition) is 4. The number of rotatable bonds is 2. The monoisotopic (exact) mass is 313 g/mol. The second kappa shape index (κ2) is 4.70. The van der Waals surface area contributed by atoms with Crippen LogP contribution in [0.15, 0.2) is 14.6 Å². The minimum absolute atomic E-state index is 0.228. The Kier molecular flexibility index (Phi) is 3.44. The summed E-state index contributed by atoms with van der Waals surface area (Å²) in [5.41, 5.74) is 2.27. The summed E-state index contributed by atoms with van der Waals surface area (Å²) in [7, 11) is 0. The highest BCUT2D eigenvalue weighted by atomic mass is 79.9. The molecule has 0 saturated carbocycles.